The number of hydrogen-bond acceptors (Lipinski definition) is 3. The first-order valence-electron chi connectivity index (χ1n) is 7.20. The zero-order valence-electron chi connectivity index (χ0n) is 12.8. The normalized spacial score (nSPS) is 11.4. The van der Waals surface area contributed by atoms with Crippen LogP contribution in [0.2, 0.25) is 0 Å². The van der Waals surface area contributed by atoms with Crippen molar-refractivity contribution >= 4 is 17.9 Å². The Morgan fingerprint density at radius 3 is 2.39 bits per heavy atom. The molecule has 1 aromatic rings. The predicted molar refractivity (Wildman–Crippen MR) is 81.1 cm³/mol. The molecule has 0 aliphatic carbocycles. The molecule has 1 unspecified atom stereocenters. The maximum Gasteiger partial charge on any atom is 0.322 e. The van der Waals surface area contributed by atoms with Gasteiger partial charge in [0.25, 0.3) is 0 Å². The molecule has 0 aromatic heterocycles. The molecule has 4 N–H and O–H groups in total. The van der Waals surface area contributed by atoms with E-state index in [2.05, 4.69) is 16.0 Å². The Morgan fingerprint density at radius 1 is 1.17 bits per heavy atom. The molecule has 0 saturated carbocycles. The van der Waals surface area contributed by atoms with E-state index in [9.17, 15) is 18.8 Å². The van der Waals surface area contributed by atoms with Crippen LogP contribution in [-0.4, -0.2) is 35.6 Å². The summed E-state index contributed by atoms with van der Waals surface area (Å²) in [7, 11) is 0. The van der Waals surface area contributed by atoms with Gasteiger partial charge in [0.05, 0.1) is 0 Å². The zero-order valence-corrected chi connectivity index (χ0v) is 12.8. The highest BCUT2D eigenvalue weighted by Crippen LogP contribution is 2.02. The lowest BCUT2D eigenvalue weighted by molar-refractivity contribution is -0.138. The lowest BCUT2D eigenvalue weighted by Crippen LogP contribution is -2.50. The fraction of sp³-hybridized carbons (Fsp3) is 0.400. The molecule has 8 heteroatoms. The van der Waals surface area contributed by atoms with Crippen LogP contribution in [0.4, 0.5) is 9.18 Å². The third-order valence-electron chi connectivity index (χ3n) is 2.98. The molecule has 126 valence electrons. The van der Waals surface area contributed by atoms with Crippen molar-refractivity contribution in [1.82, 2.24) is 16.0 Å². The molecule has 0 saturated heterocycles. The van der Waals surface area contributed by atoms with Gasteiger partial charge >= 0.3 is 12.0 Å². The van der Waals surface area contributed by atoms with E-state index in [1.807, 2.05) is 6.92 Å². The van der Waals surface area contributed by atoms with E-state index in [1.54, 1.807) is 12.1 Å². The third-order valence-corrected chi connectivity index (χ3v) is 2.98. The fourth-order valence-corrected chi connectivity index (χ4v) is 1.84. The summed E-state index contributed by atoms with van der Waals surface area (Å²) in [5.41, 5.74) is 0.712. The summed E-state index contributed by atoms with van der Waals surface area (Å²) < 4.78 is 12.8. The van der Waals surface area contributed by atoms with E-state index in [-0.39, 0.29) is 12.4 Å². The molecule has 0 bridgehead atoms. The maximum absolute atomic E-state index is 12.8. The average Bonchev–Trinajstić information content (AvgIpc) is 2.51. The Morgan fingerprint density at radius 2 is 1.83 bits per heavy atom. The van der Waals surface area contributed by atoms with Gasteiger partial charge in [-0.1, -0.05) is 25.5 Å². The van der Waals surface area contributed by atoms with Gasteiger partial charge in [0, 0.05) is 6.54 Å². The van der Waals surface area contributed by atoms with Crippen LogP contribution in [0.25, 0.3) is 0 Å². The van der Waals surface area contributed by atoms with Crippen molar-refractivity contribution in [3.05, 3.63) is 35.6 Å². The fourth-order valence-electron chi connectivity index (χ4n) is 1.84. The van der Waals surface area contributed by atoms with Gasteiger partial charge in [-0.2, -0.15) is 0 Å². The second-order valence-electron chi connectivity index (χ2n) is 4.91. The van der Waals surface area contributed by atoms with E-state index in [1.165, 1.54) is 12.1 Å². The van der Waals surface area contributed by atoms with Gasteiger partial charge in [-0.3, -0.25) is 9.59 Å². The number of carbonyl (C=O) groups is 3. The molecule has 3 amide bonds. The first kappa shape index (κ1) is 18.4. The number of nitrogens with one attached hydrogen (secondary N) is 3. The monoisotopic (exact) mass is 325 g/mol. The van der Waals surface area contributed by atoms with Crippen LogP contribution in [0.1, 0.15) is 25.3 Å². The van der Waals surface area contributed by atoms with Gasteiger partial charge < -0.3 is 21.1 Å². The van der Waals surface area contributed by atoms with Crippen LogP contribution < -0.4 is 16.0 Å². The lowest BCUT2D eigenvalue weighted by atomic mass is 10.1. The maximum atomic E-state index is 12.8. The van der Waals surface area contributed by atoms with Gasteiger partial charge in [0.2, 0.25) is 5.91 Å². The standard InChI is InChI=1S/C15H20FN3O4/c1-2-3-12(14(22)17-9-13(20)21)19-15(23)18-8-10-4-6-11(16)7-5-10/h4-7,12H,2-3,8-9H2,1H3,(H,17,22)(H,20,21)(H2,18,19,23). The Bertz CT molecular complexity index is 548. The number of urea groups is 1. The Labute approximate surface area is 133 Å². The van der Waals surface area contributed by atoms with E-state index < -0.39 is 30.5 Å². The second kappa shape index (κ2) is 9.39. The van der Waals surface area contributed by atoms with Gasteiger partial charge in [-0.05, 0) is 24.1 Å². The SMILES string of the molecule is CCCC(NC(=O)NCc1ccc(F)cc1)C(=O)NCC(=O)O. The van der Waals surface area contributed by atoms with Crippen LogP contribution in [0.15, 0.2) is 24.3 Å². The van der Waals surface area contributed by atoms with Crippen molar-refractivity contribution in [3.63, 3.8) is 0 Å². The zero-order chi connectivity index (χ0) is 17.2. The van der Waals surface area contributed by atoms with E-state index in [0.29, 0.717) is 18.4 Å². The number of hydrogen-bond donors (Lipinski definition) is 4. The minimum absolute atomic E-state index is 0.182. The molecular weight excluding hydrogens is 305 g/mol. The van der Waals surface area contributed by atoms with Crippen molar-refractivity contribution in [3.8, 4) is 0 Å². The number of amides is 3. The first-order valence-corrected chi connectivity index (χ1v) is 7.20. The summed E-state index contributed by atoms with van der Waals surface area (Å²) in [6.07, 6.45) is 1.03. The van der Waals surface area contributed by atoms with E-state index in [0.717, 1.165) is 0 Å². The number of carboxylic acids is 1. The van der Waals surface area contributed by atoms with Crippen LogP contribution >= 0.6 is 0 Å². The van der Waals surface area contributed by atoms with Gasteiger partial charge in [-0.15, -0.1) is 0 Å². The summed E-state index contributed by atoms with van der Waals surface area (Å²) in [5, 5.41) is 15.8. The number of halogens is 1. The molecule has 0 fully saturated rings. The molecule has 1 aromatic carbocycles. The largest absolute Gasteiger partial charge is 0.480 e. The number of carboxylic acid groups (broad SMARTS) is 1. The van der Waals surface area contributed by atoms with E-state index in [4.69, 9.17) is 5.11 Å². The lowest BCUT2D eigenvalue weighted by Gasteiger charge is -2.17. The second-order valence-corrected chi connectivity index (χ2v) is 4.91. The highest BCUT2D eigenvalue weighted by molar-refractivity contribution is 5.88. The molecule has 0 radical (unpaired) electrons. The molecule has 0 aliphatic heterocycles. The molecule has 7 nitrogen and oxygen atoms in total. The van der Waals surface area contributed by atoms with Crippen molar-refractivity contribution in [2.75, 3.05) is 6.54 Å². The van der Waals surface area contributed by atoms with Crippen LogP contribution in [-0.2, 0) is 16.1 Å². The molecule has 0 heterocycles. The molecule has 1 rings (SSSR count). The smallest absolute Gasteiger partial charge is 0.322 e. The molecule has 23 heavy (non-hydrogen) atoms. The van der Waals surface area contributed by atoms with Crippen molar-refractivity contribution in [2.45, 2.75) is 32.4 Å². The molecular formula is C15H20FN3O4. The van der Waals surface area contributed by atoms with Gasteiger partial charge in [-0.25, -0.2) is 9.18 Å². The van der Waals surface area contributed by atoms with Crippen molar-refractivity contribution in [1.29, 1.82) is 0 Å². The van der Waals surface area contributed by atoms with Crippen LogP contribution in [0.3, 0.4) is 0 Å². The van der Waals surface area contributed by atoms with Gasteiger partial charge in [0.1, 0.15) is 18.4 Å². The number of carbonyl (C=O) groups excluding carboxylic acids is 2. The van der Waals surface area contributed by atoms with Crippen LogP contribution in [0.5, 0.6) is 0 Å². The molecule has 0 spiro atoms. The summed E-state index contributed by atoms with van der Waals surface area (Å²) >= 11 is 0. The predicted octanol–water partition coefficient (Wildman–Crippen LogP) is 0.994. The highest BCUT2D eigenvalue weighted by atomic mass is 19.1. The summed E-state index contributed by atoms with van der Waals surface area (Å²) in [5.74, 6) is -2.07. The Hall–Kier alpha value is -2.64. The van der Waals surface area contributed by atoms with E-state index >= 15 is 0 Å². The summed E-state index contributed by atoms with van der Waals surface area (Å²) in [6, 6.07) is 4.28. The number of aliphatic carboxylic acids is 1. The molecule has 0 aliphatic rings. The number of rotatable bonds is 8. The van der Waals surface area contributed by atoms with Crippen molar-refractivity contribution < 1.29 is 23.9 Å². The minimum Gasteiger partial charge on any atom is -0.480 e. The van der Waals surface area contributed by atoms with Crippen molar-refractivity contribution in [2.24, 2.45) is 0 Å². The van der Waals surface area contributed by atoms with Gasteiger partial charge in [0.15, 0.2) is 0 Å². The Balaban J connectivity index is 2.48. The summed E-state index contributed by atoms with van der Waals surface area (Å²) in [6.45, 7) is 1.52. The summed E-state index contributed by atoms with van der Waals surface area (Å²) in [4.78, 5) is 34.1. The Kier molecular flexibility index (Phi) is 7.52. The molecule has 1 atom stereocenters. The first-order chi connectivity index (χ1) is 10.9. The van der Waals surface area contributed by atoms with Crippen LogP contribution in [0, 0.1) is 5.82 Å². The highest BCUT2D eigenvalue weighted by Gasteiger charge is 2.20. The quantitative estimate of drug-likeness (QED) is 0.572. The number of benzene rings is 1. The topological polar surface area (TPSA) is 108 Å². The minimum atomic E-state index is -1.16. The average molecular weight is 325 g/mol. The third kappa shape index (κ3) is 7.25.